The van der Waals surface area contributed by atoms with Crippen molar-refractivity contribution in [3.63, 3.8) is 0 Å². The summed E-state index contributed by atoms with van der Waals surface area (Å²) in [6, 6.07) is 20.3. The number of nitrogens with one attached hydrogen (secondary N) is 2. The summed E-state index contributed by atoms with van der Waals surface area (Å²) in [5, 5.41) is 7.37. The highest BCUT2D eigenvalue weighted by atomic mass is 16.5. The van der Waals surface area contributed by atoms with Crippen molar-refractivity contribution in [3.05, 3.63) is 89.2 Å². The van der Waals surface area contributed by atoms with Crippen LogP contribution in [0.5, 0.6) is 0 Å². The second-order valence-electron chi connectivity index (χ2n) is 7.90. The van der Waals surface area contributed by atoms with Crippen molar-refractivity contribution in [1.82, 2.24) is 14.9 Å². The highest BCUT2D eigenvalue weighted by Gasteiger charge is 2.23. The summed E-state index contributed by atoms with van der Waals surface area (Å²) in [7, 11) is 3.22. The standard InChI is InChI=1S/C26H26N4O3/c1-16-8-7-11-22(27-16)29-23-20-9-5-6-10-21(20)30(3)24(23)25(31)28-17(2)18-12-14-19(15-13-18)26(32)33-4/h5-15,17H,1-4H3,(H,27,29)(H,28,31). The zero-order valence-corrected chi connectivity index (χ0v) is 19.0. The second-order valence-corrected chi connectivity index (χ2v) is 7.90. The molecule has 1 atom stereocenters. The number of aromatic nitrogens is 2. The molecule has 2 N–H and O–H groups in total. The number of ether oxygens (including phenoxy) is 1. The second kappa shape index (κ2) is 9.16. The highest BCUT2D eigenvalue weighted by Crippen LogP contribution is 2.33. The van der Waals surface area contributed by atoms with Gasteiger partial charge in [-0.2, -0.15) is 0 Å². The maximum atomic E-state index is 13.5. The molecule has 4 rings (SSSR count). The van der Waals surface area contributed by atoms with E-state index in [9.17, 15) is 9.59 Å². The third-order valence-electron chi connectivity index (χ3n) is 5.64. The first kappa shape index (κ1) is 22.1. The highest BCUT2D eigenvalue weighted by molar-refractivity contribution is 6.09. The molecular formula is C26H26N4O3. The third-order valence-corrected chi connectivity index (χ3v) is 5.64. The topological polar surface area (TPSA) is 85.2 Å². The van der Waals surface area contributed by atoms with Crippen molar-refractivity contribution in [1.29, 1.82) is 0 Å². The Morgan fingerprint density at radius 1 is 1.00 bits per heavy atom. The summed E-state index contributed by atoms with van der Waals surface area (Å²) in [6.07, 6.45) is 0. The van der Waals surface area contributed by atoms with Gasteiger partial charge in [-0.25, -0.2) is 9.78 Å². The molecule has 2 aromatic heterocycles. The SMILES string of the molecule is COC(=O)c1ccc(C(C)NC(=O)c2c(Nc3cccc(C)n3)c3ccccc3n2C)cc1. The van der Waals surface area contributed by atoms with Crippen LogP contribution >= 0.6 is 0 Å². The monoisotopic (exact) mass is 442 g/mol. The van der Waals surface area contributed by atoms with Gasteiger partial charge < -0.3 is 19.9 Å². The summed E-state index contributed by atoms with van der Waals surface area (Å²) < 4.78 is 6.63. The number of carbonyl (C=O) groups excluding carboxylic acids is 2. The van der Waals surface area contributed by atoms with E-state index >= 15 is 0 Å². The molecule has 2 aromatic carbocycles. The first-order valence-electron chi connectivity index (χ1n) is 10.7. The Labute approximate surface area is 192 Å². The van der Waals surface area contributed by atoms with Crippen molar-refractivity contribution in [3.8, 4) is 0 Å². The molecule has 0 aliphatic carbocycles. The van der Waals surface area contributed by atoms with Crippen molar-refractivity contribution in [2.75, 3.05) is 12.4 Å². The number of nitrogens with zero attached hydrogens (tertiary/aromatic N) is 2. The molecule has 7 heteroatoms. The van der Waals surface area contributed by atoms with Crippen LogP contribution in [-0.2, 0) is 11.8 Å². The van der Waals surface area contributed by atoms with Crippen LogP contribution < -0.4 is 10.6 Å². The normalized spacial score (nSPS) is 11.8. The predicted octanol–water partition coefficient (Wildman–Crippen LogP) is 4.90. The van der Waals surface area contributed by atoms with Crippen molar-refractivity contribution < 1.29 is 14.3 Å². The molecule has 7 nitrogen and oxygen atoms in total. The lowest BCUT2D eigenvalue weighted by molar-refractivity contribution is 0.0600. The lowest BCUT2D eigenvalue weighted by Crippen LogP contribution is -2.29. The van der Waals surface area contributed by atoms with E-state index in [0.717, 1.165) is 22.2 Å². The minimum Gasteiger partial charge on any atom is -0.465 e. The van der Waals surface area contributed by atoms with Gasteiger partial charge in [-0.15, -0.1) is 0 Å². The van der Waals surface area contributed by atoms with Gasteiger partial charge in [0, 0.05) is 18.1 Å². The number of esters is 1. The van der Waals surface area contributed by atoms with Crippen LogP contribution in [0.1, 0.15) is 45.1 Å². The summed E-state index contributed by atoms with van der Waals surface area (Å²) in [5.74, 6) is 0.0643. The molecule has 0 aliphatic heterocycles. The summed E-state index contributed by atoms with van der Waals surface area (Å²) in [4.78, 5) is 29.7. The van der Waals surface area contributed by atoms with Gasteiger partial charge in [0.25, 0.3) is 5.91 Å². The summed E-state index contributed by atoms with van der Waals surface area (Å²) >= 11 is 0. The molecule has 1 unspecified atom stereocenters. The van der Waals surface area contributed by atoms with Crippen LogP contribution in [0.4, 0.5) is 11.5 Å². The molecule has 0 aliphatic rings. The summed E-state index contributed by atoms with van der Waals surface area (Å²) in [5.41, 5.74) is 4.38. The molecule has 4 aromatic rings. The zero-order chi connectivity index (χ0) is 23.5. The number of benzene rings is 2. The molecule has 33 heavy (non-hydrogen) atoms. The number of rotatable bonds is 6. The number of aryl methyl sites for hydroxylation is 2. The van der Waals surface area contributed by atoms with Gasteiger partial charge in [-0.1, -0.05) is 36.4 Å². The number of para-hydroxylation sites is 1. The fourth-order valence-electron chi connectivity index (χ4n) is 3.90. The molecule has 0 fully saturated rings. The van der Waals surface area contributed by atoms with E-state index in [1.165, 1.54) is 7.11 Å². The Morgan fingerprint density at radius 3 is 2.42 bits per heavy atom. The molecule has 0 spiro atoms. The van der Waals surface area contributed by atoms with Gasteiger partial charge in [-0.05, 0) is 49.7 Å². The van der Waals surface area contributed by atoms with E-state index in [0.29, 0.717) is 22.8 Å². The molecule has 2 heterocycles. The Balaban J connectivity index is 1.66. The van der Waals surface area contributed by atoms with Crippen LogP contribution in [0.15, 0.2) is 66.7 Å². The number of fused-ring (bicyclic) bond motifs is 1. The fraction of sp³-hybridized carbons (Fsp3) is 0.192. The van der Waals surface area contributed by atoms with E-state index in [1.807, 2.05) is 80.1 Å². The van der Waals surface area contributed by atoms with Crippen LogP contribution in [-0.4, -0.2) is 28.5 Å². The van der Waals surface area contributed by atoms with E-state index in [-0.39, 0.29) is 11.9 Å². The number of hydrogen-bond acceptors (Lipinski definition) is 5. The van der Waals surface area contributed by atoms with E-state index in [2.05, 4.69) is 15.6 Å². The number of carbonyl (C=O) groups is 2. The average Bonchev–Trinajstić information content (AvgIpc) is 3.10. The smallest absolute Gasteiger partial charge is 0.337 e. The van der Waals surface area contributed by atoms with Crippen molar-refractivity contribution in [2.45, 2.75) is 19.9 Å². The van der Waals surface area contributed by atoms with Gasteiger partial charge in [0.2, 0.25) is 0 Å². The van der Waals surface area contributed by atoms with Gasteiger partial charge in [-0.3, -0.25) is 4.79 Å². The average molecular weight is 443 g/mol. The number of methoxy groups -OCH3 is 1. The van der Waals surface area contributed by atoms with Crippen LogP contribution in [0.2, 0.25) is 0 Å². The van der Waals surface area contributed by atoms with Gasteiger partial charge in [0.05, 0.1) is 29.9 Å². The van der Waals surface area contributed by atoms with Gasteiger partial charge in [0.15, 0.2) is 0 Å². The molecule has 1 amide bonds. The Kier molecular flexibility index (Phi) is 6.13. The maximum Gasteiger partial charge on any atom is 0.337 e. The van der Waals surface area contributed by atoms with Crippen LogP contribution in [0.3, 0.4) is 0 Å². The minimum absolute atomic E-state index is 0.214. The summed E-state index contributed by atoms with van der Waals surface area (Å²) in [6.45, 7) is 3.83. The lowest BCUT2D eigenvalue weighted by Gasteiger charge is -2.16. The molecule has 0 saturated carbocycles. The first-order chi connectivity index (χ1) is 15.9. The Bertz CT molecular complexity index is 1330. The van der Waals surface area contributed by atoms with Crippen molar-refractivity contribution in [2.24, 2.45) is 7.05 Å². The predicted molar refractivity (Wildman–Crippen MR) is 129 cm³/mol. The largest absolute Gasteiger partial charge is 0.465 e. The van der Waals surface area contributed by atoms with E-state index in [1.54, 1.807) is 12.1 Å². The number of hydrogen-bond donors (Lipinski definition) is 2. The van der Waals surface area contributed by atoms with Crippen molar-refractivity contribution >= 4 is 34.3 Å². The van der Waals surface area contributed by atoms with Gasteiger partial charge >= 0.3 is 5.97 Å². The molecule has 0 radical (unpaired) electrons. The van der Waals surface area contributed by atoms with Crippen LogP contribution in [0.25, 0.3) is 10.9 Å². The Hall–Kier alpha value is -4.13. The number of anilines is 2. The van der Waals surface area contributed by atoms with Gasteiger partial charge in [0.1, 0.15) is 11.5 Å². The number of amides is 1. The quantitative estimate of drug-likeness (QED) is 0.415. The molecule has 0 saturated heterocycles. The van der Waals surface area contributed by atoms with Crippen LogP contribution in [0, 0.1) is 6.92 Å². The third kappa shape index (κ3) is 4.43. The van der Waals surface area contributed by atoms with E-state index < -0.39 is 5.97 Å². The lowest BCUT2D eigenvalue weighted by atomic mass is 10.1. The first-order valence-corrected chi connectivity index (χ1v) is 10.7. The number of pyridine rings is 1. The molecule has 168 valence electrons. The zero-order valence-electron chi connectivity index (χ0n) is 19.0. The molecule has 0 bridgehead atoms. The Morgan fingerprint density at radius 2 is 1.73 bits per heavy atom. The maximum absolute atomic E-state index is 13.5. The molecular weight excluding hydrogens is 416 g/mol. The fourth-order valence-corrected chi connectivity index (χ4v) is 3.90. The van der Waals surface area contributed by atoms with E-state index in [4.69, 9.17) is 4.74 Å². The minimum atomic E-state index is -0.394.